The number of aromatic nitrogens is 3. The van der Waals surface area contributed by atoms with Gasteiger partial charge in [0.25, 0.3) is 5.56 Å². The van der Waals surface area contributed by atoms with Crippen LogP contribution < -0.4 is 10.9 Å². The lowest BCUT2D eigenvalue weighted by molar-refractivity contribution is -0.119. The normalized spacial score (nSPS) is 20.0. The molecule has 1 N–H and O–H groups in total. The highest BCUT2D eigenvalue weighted by atomic mass is 32.2. The lowest BCUT2D eigenvalue weighted by Crippen LogP contribution is -2.41. The lowest BCUT2D eigenvalue weighted by atomic mass is 9.86. The van der Waals surface area contributed by atoms with Crippen LogP contribution in [-0.4, -0.2) is 32.2 Å². The molecule has 6 nitrogen and oxygen atoms in total. The molecule has 1 aliphatic carbocycles. The van der Waals surface area contributed by atoms with Crippen molar-refractivity contribution in [2.45, 2.75) is 50.4 Å². The van der Waals surface area contributed by atoms with Crippen molar-refractivity contribution < 1.29 is 4.79 Å². The first-order valence-corrected chi connectivity index (χ1v) is 9.97. The van der Waals surface area contributed by atoms with Gasteiger partial charge in [0.05, 0.1) is 11.1 Å². The average molecular weight is 372 g/mol. The van der Waals surface area contributed by atoms with Crippen LogP contribution in [-0.2, 0) is 11.3 Å². The fraction of sp³-hybridized carbons (Fsp3) is 0.474. The number of carbonyl (C=O) groups is 1. The van der Waals surface area contributed by atoms with E-state index in [1.807, 2.05) is 0 Å². The molecule has 1 amide bonds. The summed E-state index contributed by atoms with van der Waals surface area (Å²) in [5.74, 6) is 0.722. The monoisotopic (exact) mass is 372 g/mol. The number of thioether (sulfide) groups is 1. The molecule has 0 saturated heterocycles. The highest BCUT2D eigenvalue weighted by Crippen LogP contribution is 2.24. The predicted octanol–water partition coefficient (Wildman–Crippen LogP) is 2.76. The van der Waals surface area contributed by atoms with E-state index in [1.54, 1.807) is 24.4 Å². The third-order valence-corrected chi connectivity index (χ3v) is 5.77. The van der Waals surface area contributed by atoms with E-state index in [0.29, 0.717) is 28.7 Å². The van der Waals surface area contributed by atoms with Crippen LogP contribution in [0.15, 0.2) is 40.9 Å². The van der Waals surface area contributed by atoms with Crippen LogP contribution in [0.25, 0.3) is 11.0 Å². The standard InChI is InChI=1S/C19H24N4O2S/c1-3-11-23-18(25)14-8-6-10-20-17(14)22-19(23)26-12-16(24)21-15-9-5-4-7-13(15)2/h3,6,8,10,13,15H,1,4-5,7,9,11-12H2,2H3,(H,21,24)/t13-,15-/m1/s1. The minimum absolute atomic E-state index is 0.0192. The van der Waals surface area contributed by atoms with Gasteiger partial charge in [-0.1, -0.05) is 37.6 Å². The van der Waals surface area contributed by atoms with Crippen molar-refractivity contribution in [2.24, 2.45) is 5.92 Å². The van der Waals surface area contributed by atoms with Crippen molar-refractivity contribution in [1.82, 2.24) is 19.9 Å². The molecule has 1 saturated carbocycles. The Morgan fingerprint density at radius 3 is 3.04 bits per heavy atom. The molecule has 0 radical (unpaired) electrons. The second-order valence-corrected chi connectivity index (χ2v) is 7.64. The summed E-state index contributed by atoms with van der Waals surface area (Å²) in [7, 11) is 0. The Kier molecular flexibility index (Phi) is 6.08. The van der Waals surface area contributed by atoms with Crippen molar-refractivity contribution in [1.29, 1.82) is 0 Å². The molecule has 0 bridgehead atoms. The molecule has 2 aromatic rings. The second-order valence-electron chi connectivity index (χ2n) is 6.70. The summed E-state index contributed by atoms with van der Waals surface area (Å²) in [6.07, 6.45) is 7.87. The Bertz CT molecular complexity index is 864. The van der Waals surface area contributed by atoms with Crippen LogP contribution in [0.3, 0.4) is 0 Å². The third-order valence-electron chi connectivity index (χ3n) is 4.80. The zero-order valence-corrected chi connectivity index (χ0v) is 15.8. The summed E-state index contributed by atoms with van der Waals surface area (Å²) in [6, 6.07) is 3.68. The molecular formula is C19H24N4O2S. The average Bonchev–Trinajstić information content (AvgIpc) is 2.64. The number of carbonyl (C=O) groups excluding carboxylic acids is 1. The van der Waals surface area contributed by atoms with Crippen LogP contribution in [0, 0.1) is 5.92 Å². The maximum absolute atomic E-state index is 12.7. The van der Waals surface area contributed by atoms with Crippen LogP contribution in [0.5, 0.6) is 0 Å². The summed E-state index contributed by atoms with van der Waals surface area (Å²) in [6.45, 7) is 6.25. The Morgan fingerprint density at radius 1 is 1.46 bits per heavy atom. The summed E-state index contributed by atoms with van der Waals surface area (Å²) in [5, 5.41) is 4.10. The molecule has 1 aliphatic rings. The summed E-state index contributed by atoms with van der Waals surface area (Å²) >= 11 is 1.27. The second kappa shape index (κ2) is 8.49. The number of hydrogen-bond donors (Lipinski definition) is 1. The van der Waals surface area contributed by atoms with Gasteiger partial charge in [0.2, 0.25) is 5.91 Å². The van der Waals surface area contributed by atoms with Gasteiger partial charge in [0, 0.05) is 18.8 Å². The number of amides is 1. The molecule has 2 aromatic heterocycles. The van der Waals surface area contributed by atoms with Crippen LogP contribution in [0.4, 0.5) is 0 Å². The van der Waals surface area contributed by atoms with Gasteiger partial charge >= 0.3 is 0 Å². The molecule has 2 heterocycles. The SMILES string of the molecule is C=CCn1c(SCC(=O)N[C@@H]2CCCC[C@H]2C)nc2ncccc2c1=O. The quantitative estimate of drug-likeness (QED) is 0.479. The zero-order valence-electron chi connectivity index (χ0n) is 15.0. The van der Waals surface area contributed by atoms with Gasteiger partial charge < -0.3 is 5.32 Å². The van der Waals surface area contributed by atoms with Crippen LogP contribution in [0.1, 0.15) is 32.6 Å². The van der Waals surface area contributed by atoms with Gasteiger partial charge in [-0.25, -0.2) is 9.97 Å². The maximum Gasteiger partial charge on any atom is 0.263 e. The molecule has 26 heavy (non-hydrogen) atoms. The maximum atomic E-state index is 12.7. The zero-order chi connectivity index (χ0) is 18.5. The molecule has 0 unspecified atom stereocenters. The number of rotatable bonds is 6. The van der Waals surface area contributed by atoms with E-state index in [2.05, 4.69) is 28.8 Å². The molecule has 0 aliphatic heterocycles. The van der Waals surface area contributed by atoms with E-state index in [4.69, 9.17) is 0 Å². The summed E-state index contributed by atoms with van der Waals surface area (Å²) < 4.78 is 1.54. The summed E-state index contributed by atoms with van der Waals surface area (Å²) in [5.41, 5.74) is 0.244. The van der Waals surface area contributed by atoms with E-state index < -0.39 is 0 Å². The van der Waals surface area contributed by atoms with E-state index in [-0.39, 0.29) is 23.3 Å². The lowest BCUT2D eigenvalue weighted by Gasteiger charge is -2.29. The fourth-order valence-electron chi connectivity index (χ4n) is 3.35. The number of nitrogens with one attached hydrogen (secondary N) is 1. The Hall–Kier alpha value is -2.15. The van der Waals surface area contributed by atoms with Gasteiger partial charge in [0.1, 0.15) is 0 Å². The van der Waals surface area contributed by atoms with Crippen LogP contribution >= 0.6 is 11.8 Å². The highest BCUT2D eigenvalue weighted by Gasteiger charge is 2.23. The van der Waals surface area contributed by atoms with Crippen molar-refractivity contribution in [3.8, 4) is 0 Å². The molecule has 2 atom stereocenters. The first-order chi connectivity index (χ1) is 12.6. The number of nitrogens with zero attached hydrogens (tertiary/aromatic N) is 3. The number of pyridine rings is 1. The minimum atomic E-state index is -0.160. The van der Waals surface area contributed by atoms with Gasteiger partial charge in [-0.2, -0.15) is 0 Å². The number of allylic oxidation sites excluding steroid dienone is 1. The topological polar surface area (TPSA) is 76.9 Å². The molecule has 7 heteroatoms. The smallest absolute Gasteiger partial charge is 0.263 e. The van der Waals surface area contributed by atoms with Gasteiger partial charge in [-0.05, 0) is 30.9 Å². The molecule has 138 valence electrons. The van der Waals surface area contributed by atoms with E-state index in [1.165, 1.54) is 29.2 Å². The van der Waals surface area contributed by atoms with E-state index >= 15 is 0 Å². The molecule has 1 fully saturated rings. The molecular weight excluding hydrogens is 348 g/mol. The fourth-order valence-corrected chi connectivity index (χ4v) is 4.15. The van der Waals surface area contributed by atoms with Gasteiger partial charge in [-0.3, -0.25) is 14.2 Å². The molecule has 3 rings (SSSR count). The van der Waals surface area contributed by atoms with E-state index in [9.17, 15) is 9.59 Å². The highest BCUT2D eigenvalue weighted by molar-refractivity contribution is 7.99. The Labute approximate surface area is 157 Å². The van der Waals surface area contributed by atoms with Crippen molar-refractivity contribution in [2.75, 3.05) is 5.75 Å². The Morgan fingerprint density at radius 2 is 2.27 bits per heavy atom. The predicted molar refractivity (Wildman–Crippen MR) is 104 cm³/mol. The number of fused-ring (bicyclic) bond motifs is 1. The van der Waals surface area contributed by atoms with Crippen molar-refractivity contribution >= 4 is 28.7 Å². The number of hydrogen-bond acceptors (Lipinski definition) is 5. The Balaban J connectivity index is 1.75. The largest absolute Gasteiger partial charge is 0.352 e. The van der Waals surface area contributed by atoms with Gasteiger partial charge in [0.15, 0.2) is 10.8 Å². The molecule has 0 aromatic carbocycles. The minimum Gasteiger partial charge on any atom is -0.352 e. The van der Waals surface area contributed by atoms with Gasteiger partial charge in [-0.15, -0.1) is 6.58 Å². The summed E-state index contributed by atoms with van der Waals surface area (Å²) in [4.78, 5) is 33.7. The van der Waals surface area contributed by atoms with Crippen molar-refractivity contribution in [3.63, 3.8) is 0 Å². The first-order valence-electron chi connectivity index (χ1n) is 8.98. The van der Waals surface area contributed by atoms with Crippen molar-refractivity contribution in [3.05, 3.63) is 41.3 Å². The van der Waals surface area contributed by atoms with Crippen LogP contribution in [0.2, 0.25) is 0 Å². The first kappa shape index (κ1) is 18.6. The third kappa shape index (κ3) is 4.15. The van der Waals surface area contributed by atoms with E-state index in [0.717, 1.165) is 12.8 Å². The molecule has 0 spiro atoms.